The molecule has 0 atom stereocenters. The fourth-order valence-electron chi connectivity index (χ4n) is 4.43. The van der Waals surface area contributed by atoms with Crippen molar-refractivity contribution in [1.29, 1.82) is 0 Å². The Labute approximate surface area is 215 Å². The van der Waals surface area contributed by atoms with Gasteiger partial charge < -0.3 is 4.74 Å². The Balaban J connectivity index is 1.73. The van der Waals surface area contributed by atoms with Crippen molar-refractivity contribution in [2.45, 2.75) is 13.8 Å². The smallest absolute Gasteiger partial charge is 0.269 e. The minimum Gasteiger partial charge on any atom is -0.494 e. The average Bonchev–Trinajstić information content (AvgIpc) is 3.18. The van der Waals surface area contributed by atoms with Crippen LogP contribution in [0.2, 0.25) is 10.0 Å². The zero-order chi connectivity index (χ0) is 25.0. The number of fused-ring (bicyclic) bond motifs is 4. The number of aryl methyl sites for hydroxylation is 1. The summed E-state index contributed by atoms with van der Waals surface area (Å²) in [4.78, 5) is 28.6. The van der Waals surface area contributed by atoms with Gasteiger partial charge in [0.25, 0.3) is 5.56 Å². The molecule has 3 aromatic carbocycles. The minimum absolute atomic E-state index is 0.241. The van der Waals surface area contributed by atoms with Crippen LogP contribution in [0, 0.1) is 6.92 Å². The third kappa shape index (κ3) is 3.51. The lowest BCUT2D eigenvalue weighted by atomic mass is 10.2. The van der Waals surface area contributed by atoms with Crippen LogP contribution in [-0.2, 0) is 0 Å². The minimum atomic E-state index is -0.241. The summed E-state index contributed by atoms with van der Waals surface area (Å²) in [6.07, 6.45) is 0. The van der Waals surface area contributed by atoms with Gasteiger partial charge in [-0.25, -0.2) is 15.0 Å². The monoisotopic (exact) mass is 515 g/mol. The summed E-state index contributed by atoms with van der Waals surface area (Å²) in [5.41, 5.74) is 3.93. The van der Waals surface area contributed by atoms with Crippen molar-refractivity contribution in [3.05, 3.63) is 93.0 Å². The average molecular weight is 516 g/mol. The number of aromatic nitrogens is 5. The number of para-hydroxylation sites is 2. The summed E-state index contributed by atoms with van der Waals surface area (Å²) >= 11 is 12.5. The normalized spacial score (nSPS) is 11.6. The van der Waals surface area contributed by atoms with E-state index in [0.29, 0.717) is 67.1 Å². The fraction of sp³-hybridized carbons (Fsp3) is 0.111. The molecule has 0 aliphatic carbocycles. The van der Waals surface area contributed by atoms with Gasteiger partial charge in [0.15, 0.2) is 11.3 Å². The molecule has 3 heterocycles. The van der Waals surface area contributed by atoms with Crippen molar-refractivity contribution in [2.75, 3.05) is 6.61 Å². The second-order valence-electron chi connectivity index (χ2n) is 8.24. The van der Waals surface area contributed by atoms with Crippen LogP contribution in [0.1, 0.15) is 12.7 Å². The van der Waals surface area contributed by atoms with Crippen LogP contribution in [0.15, 0.2) is 71.5 Å². The van der Waals surface area contributed by atoms with E-state index in [1.54, 1.807) is 23.6 Å². The highest BCUT2D eigenvalue weighted by Crippen LogP contribution is 2.32. The maximum atomic E-state index is 14.0. The van der Waals surface area contributed by atoms with Crippen molar-refractivity contribution in [2.24, 2.45) is 0 Å². The van der Waals surface area contributed by atoms with Gasteiger partial charge in [0.1, 0.15) is 22.5 Å². The molecular formula is C27H19Cl2N5O2. The summed E-state index contributed by atoms with van der Waals surface area (Å²) in [5.74, 6) is 1.25. The second-order valence-corrected chi connectivity index (χ2v) is 9.06. The van der Waals surface area contributed by atoms with E-state index in [0.717, 1.165) is 5.75 Å². The van der Waals surface area contributed by atoms with Gasteiger partial charge in [-0.2, -0.15) is 0 Å². The first-order valence-electron chi connectivity index (χ1n) is 11.4. The van der Waals surface area contributed by atoms with Crippen LogP contribution in [0.25, 0.3) is 44.6 Å². The van der Waals surface area contributed by atoms with Gasteiger partial charge in [-0.1, -0.05) is 35.3 Å². The zero-order valence-electron chi connectivity index (χ0n) is 19.4. The van der Waals surface area contributed by atoms with Crippen LogP contribution in [-0.4, -0.2) is 30.7 Å². The lowest BCUT2D eigenvalue weighted by molar-refractivity contribution is 0.340. The van der Waals surface area contributed by atoms with Gasteiger partial charge in [0.2, 0.25) is 0 Å². The predicted molar refractivity (Wildman–Crippen MR) is 143 cm³/mol. The van der Waals surface area contributed by atoms with Crippen molar-refractivity contribution < 1.29 is 4.74 Å². The van der Waals surface area contributed by atoms with Gasteiger partial charge in [0, 0.05) is 0 Å². The predicted octanol–water partition coefficient (Wildman–Crippen LogP) is 6.29. The van der Waals surface area contributed by atoms with Crippen molar-refractivity contribution in [3.63, 3.8) is 0 Å². The van der Waals surface area contributed by atoms with Gasteiger partial charge >= 0.3 is 0 Å². The third-order valence-corrected chi connectivity index (χ3v) is 6.75. The first kappa shape index (κ1) is 22.5. The van der Waals surface area contributed by atoms with Gasteiger partial charge in [0.05, 0.1) is 39.1 Å². The molecule has 7 nitrogen and oxygen atoms in total. The molecule has 0 spiro atoms. The molecule has 0 bridgehead atoms. The van der Waals surface area contributed by atoms with E-state index in [1.807, 2.05) is 66.1 Å². The van der Waals surface area contributed by atoms with Crippen LogP contribution in [0.3, 0.4) is 0 Å². The molecule has 3 aromatic heterocycles. The largest absolute Gasteiger partial charge is 0.494 e. The van der Waals surface area contributed by atoms with E-state index in [-0.39, 0.29) is 5.56 Å². The molecular weight excluding hydrogens is 497 g/mol. The molecule has 6 aromatic rings. The highest BCUT2D eigenvalue weighted by atomic mass is 35.5. The SMILES string of the molecule is CCOc1ccc(-n2c(C)nc3c(c2=O)c2nc4ccccc4nc2n3-c2ccc(Cl)c(Cl)c2)cc1. The summed E-state index contributed by atoms with van der Waals surface area (Å²) < 4.78 is 8.94. The van der Waals surface area contributed by atoms with Gasteiger partial charge in [-0.3, -0.25) is 13.9 Å². The maximum Gasteiger partial charge on any atom is 0.269 e. The van der Waals surface area contributed by atoms with E-state index >= 15 is 0 Å². The van der Waals surface area contributed by atoms with Crippen molar-refractivity contribution in [3.8, 4) is 17.1 Å². The number of nitrogens with zero attached hydrogens (tertiary/aromatic N) is 5. The van der Waals surface area contributed by atoms with E-state index in [2.05, 4.69) is 0 Å². The molecule has 0 aliphatic heterocycles. The van der Waals surface area contributed by atoms with Gasteiger partial charge in [-0.15, -0.1) is 0 Å². The Kier molecular flexibility index (Phi) is 5.39. The Hall–Kier alpha value is -3.94. The standard InChI is InChI=1S/C27H19Cl2N5O2/c1-3-36-18-11-8-16(9-12-18)33-15(2)30-25-23(27(33)35)24-26(32-22-7-5-4-6-21(22)31-24)34(25)17-10-13-19(28)20(29)14-17/h4-14H,3H2,1-2H3. The highest BCUT2D eigenvalue weighted by molar-refractivity contribution is 6.42. The molecule has 0 radical (unpaired) electrons. The summed E-state index contributed by atoms with van der Waals surface area (Å²) in [6.45, 7) is 4.28. The van der Waals surface area contributed by atoms with E-state index in [1.165, 1.54) is 0 Å². The Morgan fingerprint density at radius 2 is 1.50 bits per heavy atom. The second kappa shape index (κ2) is 8.62. The quantitative estimate of drug-likeness (QED) is 0.276. The number of benzene rings is 3. The molecule has 0 saturated carbocycles. The van der Waals surface area contributed by atoms with Crippen molar-refractivity contribution in [1.82, 2.24) is 24.1 Å². The van der Waals surface area contributed by atoms with E-state index in [9.17, 15) is 4.79 Å². The molecule has 0 fully saturated rings. The number of ether oxygens (including phenoxy) is 1. The molecule has 0 N–H and O–H groups in total. The van der Waals surface area contributed by atoms with E-state index in [4.69, 9.17) is 42.9 Å². The molecule has 0 unspecified atom stereocenters. The molecule has 36 heavy (non-hydrogen) atoms. The Bertz CT molecular complexity index is 1860. The summed E-state index contributed by atoms with van der Waals surface area (Å²) in [6, 6.07) is 20.2. The molecule has 0 aliphatic rings. The van der Waals surface area contributed by atoms with E-state index < -0.39 is 0 Å². The zero-order valence-corrected chi connectivity index (χ0v) is 20.9. The van der Waals surface area contributed by atoms with Crippen molar-refractivity contribution >= 4 is 56.4 Å². The Morgan fingerprint density at radius 1 is 0.806 bits per heavy atom. The third-order valence-electron chi connectivity index (χ3n) is 6.01. The summed E-state index contributed by atoms with van der Waals surface area (Å²) in [7, 11) is 0. The number of rotatable bonds is 4. The molecule has 0 saturated heterocycles. The van der Waals surface area contributed by atoms with Crippen LogP contribution in [0.5, 0.6) is 5.75 Å². The number of halogens is 2. The molecule has 178 valence electrons. The summed E-state index contributed by atoms with van der Waals surface area (Å²) in [5, 5.41) is 1.19. The highest BCUT2D eigenvalue weighted by Gasteiger charge is 2.23. The molecule has 0 amide bonds. The topological polar surface area (TPSA) is 74.8 Å². The van der Waals surface area contributed by atoms with Crippen LogP contribution >= 0.6 is 23.2 Å². The first-order chi connectivity index (χ1) is 17.5. The lowest BCUT2D eigenvalue weighted by Gasteiger charge is -2.12. The first-order valence-corrected chi connectivity index (χ1v) is 12.1. The molecule has 6 rings (SSSR count). The molecule has 9 heteroatoms. The number of hydrogen-bond acceptors (Lipinski definition) is 5. The maximum absolute atomic E-state index is 14.0. The lowest BCUT2D eigenvalue weighted by Crippen LogP contribution is -2.22. The van der Waals surface area contributed by atoms with Crippen LogP contribution < -0.4 is 10.3 Å². The fourth-order valence-corrected chi connectivity index (χ4v) is 4.72. The van der Waals surface area contributed by atoms with Gasteiger partial charge in [-0.05, 0) is 68.4 Å². The number of hydrogen-bond donors (Lipinski definition) is 0. The Morgan fingerprint density at radius 3 is 2.19 bits per heavy atom. The van der Waals surface area contributed by atoms with Crippen LogP contribution in [0.4, 0.5) is 0 Å².